The second-order valence-corrected chi connectivity index (χ2v) is 7.81. The molecule has 3 rings (SSSR count). The Morgan fingerprint density at radius 2 is 1.72 bits per heavy atom. The number of hydrogen-bond acceptors (Lipinski definition) is 5. The number of nitrogens with zero attached hydrogens (tertiary/aromatic N) is 1. The zero-order chi connectivity index (χ0) is 22.9. The number of halogens is 2. The Kier molecular flexibility index (Phi) is 8.13. The van der Waals surface area contributed by atoms with Crippen LogP contribution in [-0.4, -0.2) is 30.5 Å². The highest BCUT2D eigenvalue weighted by Gasteiger charge is 2.09. The van der Waals surface area contributed by atoms with Gasteiger partial charge in [0.15, 0.2) is 0 Å². The highest BCUT2D eigenvalue weighted by molar-refractivity contribution is 9.10. The van der Waals surface area contributed by atoms with E-state index >= 15 is 0 Å². The average Bonchev–Trinajstić information content (AvgIpc) is 2.78. The first-order valence-corrected chi connectivity index (χ1v) is 10.5. The summed E-state index contributed by atoms with van der Waals surface area (Å²) >= 11 is 9.10. The van der Waals surface area contributed by atoms with E-state index in [1.165, 1.54) is 6.21 Å². The number of rotatable bonds is 7. The summed E-state index contributed by atoms with van der Waals surface area (Å²) in [6.07, 6.45) is 1.40. The Hall–Kier alpha value is -3.49. The molecule has 0 aliphatic heterocycles. The van der Waals surface area contributed by atoms with Gasteiger partial charge in [0.05, 0.1) is 18.3 Å². The summed E-state index contributed by atoms with van der Waals surface area (Å²) in [5.74, 6) is -1.06. The average molecular weight is 515 g/mol. The van der Waals surface area contributed by atoms with Gasteiger partial charge in [-0.25, -0.2) is 10.2 Å². The number of amides is 2. The van der Waals surface area contributed by atoms with Crippen molar-refractivity contribution < 1.29 is 19.1 Å². The number of hydrogen-bond donors (Lipinski definition) is 2. The molecule has 0 aromatic heterocycles. The van der Waals surface area contributed by atoms with Crippen LogP contribution in [0.3, 0.4) is 0 Å². The van der Waals surface area contributed by atoms with Crippen molar-refractivity contribution in [2.45, 2.75) is 0 Å². The fourth-order valence-electron chi connectivity index (χ4n) is 2.52. The smallest absolute Gasteiger partial charge is 0.343 e. The van der Waals surface area contributed by atoms with Crippen LogP contribution in [0.25, 0.3) is 0 Å². The van der Waals surface area contributed by atoms with E-state index in [4.69, 9.17) is 16.3 Å². The van der Waals surface area contributed by atoms with Crippen molar-refractivity contribution in [2.24, 2.45) is 5.10 Å². The maximum absolute atomic E-state index is 12.3. The number of esters is 1. The maximum atomic E-state index is 12.3. The lowest BCUT2D eigenvalue weighted by Gasteiger charge is -2.06. The van der Waals surface area contributed by atoms with Gasteiger partial charge in [-0.1, -0.05) is 45.7 Å². The molecule has 2 amide bonds. The van der Waals surface area contributed by atoms with Crippen molar-refractivity contribution in [3.63, 3.8) is 0 Å². The van der Waals surface area contributed by atoms with Gasteiger partial charge in [0.1, 0.15) is 5.75 Å². The summed E-state index contributed by atoms with van der Waals surface area (Å²) < 4.78 is 6.14. The van der Waals surface area contributed by atoms with E-state index < -0.39 is 17.8 Å². The second-order valence-electron chi connectivity index (χ2n) is 6.46. The first kappa shape index (κ1) is 23.2. The lowest BCUT2D eigenvalue weighted by atomic mass is 10.2. The van der Waals surface area contributed by atoms with E-state index in [1.807, 2.05) is 6.07 Å². The molecule has 2 N–H and O–H groups in total. The van der Waals surface area contributed by atoms with Crippen LogP contribution in [0.5, 0.6) is 5.75 Å². The topological polar surface area (TPSA) is 96.9 Å². The molecule has 0 aliphatic carbocycles. The molecule has 32 heavy (non-hydrogen) atoms. The number of ether oxygens (including phenoxy) is 1. The van der Waals surface area contributed by atoms with E-state index in [0.29, 0.717) is 27.5 Å². The molecule has 0 aliphatic rings. The van der Waals surface area contributed by atoms with E-state index in [1.54, 1.807) is 66.7 Å². The third kappa shape index (κ3) is 7.04. The molecule has 0 bridgehead atoms. The van der Waals surface area contributed by atoms with Crippen molar-refractivity contribution in [1.82, 2.24) is 10.7 Å². The van der Waals surface area contributed by atoms with Crippen LogP contribution in [0.15, 0.2) is 82.4 Å². The van der Waals surface area contributed by atoms with Crippen molar-refractivity contribution in [3.05, 3.63) is 99.0 Å². The standard InChI is InChI=1S/C23H17BrClN3O4/c24-18-5-2-4-17(12-18)23(31)32-20-6-1-3-15(11-20)13-27-28-21(29)14-26-22(30)16-7-9-19(25)10-8-16/h1-13H,14H2,(H,26,30)(H,28,29). The van der Waals surface area contributed by atoms with Crippen LogP contribution in [-0.2, 0) is 4.79 Å². The van der Waals surface area contributed by atoms with E-state index in [9.17, 15) is 14.4 Å². The van der Waals surface area contributed by atoms with Gasteiger partial charge in [-0.05, 0) is 60.2 Å². The van der Waals surface area contributed by atoms with Gasteiger partial charge >= 0.3 is 5.97 Å². The molecule has 3 aromatic carbocycles. The number of hydrazone groups is 1. The predicted octanol–water partition coefficient (Wildman–Crippen LogP) is 4.20. The Morgan fingerprint density at radius 1 is 0.969 bits per heavy atom. The van der Waals surface area contributed by atoms with Crippen LogP contribution in [0.2, 0.25) is 5.02 Å². The monoisotopic (exact) mass is 513 g/mol. The summed E-state index contributed by atoms with van der Waals surface area (Å²) in [6.45, 7) is -0.247. The van der Waals surface area contributed by atoms with Crippen molar-refractivity contribution in [1.29, 1.82) is 0 Å². The number of benzene rings is 3. The minimum atomic E-state index is -0.499. The Balaban J connectivity index is 1.49. The quantitative estimate of drug-likeness (QED) is 0.214. The lowest BCUT2D eigenvalue weighted by molar-refractivity contribution is -0.120. The Bertz CT molecular complexity index is 1170. The lowest BCUT2D eigenvalue weighted by Crippen LogP contribution is -2.34. The first-order chi connectivity index (χ1) is 15.4. The van der Waals surface area contributed by atoms with Gasteiger partial charge in [-0.2, -0.15) is 5.10 Å². The summed E-state index contributed by atoms with van der Waals surface area (Å²) in [6, 6.07) is 19.8. The Morgan fingerprint density at radius 3 is 2.47 bits per heavy atom. The fourth-order valence-corrected chi connectivity index (χ4v) is 3.05. The second kappa shape index (κ2) is 11.2. The first-order valence-electron chi connectivity index (χ1n) is 9.34. The fraction of sp³-hybridized carbons (Fsp3) is 0.0435. The number of carbonyl (C=O) groups excluding carboxylic acids is 3. The summed E-state index contributed by atoms with van der Waals surface area (Å²) in [5.41, 5.74) is 3.73. The van der Waals surface area contributed by atoms with Crippen LogP contribution >= 0.6 is 27.5 Å². The number of nitrogens with one attached hydrogen (secondary N) is 2. The third-order valence-corrected chi connectivity index (χ3v) is 4.79. The van der Waals surface area contributed by atoms with Gasteiger partial charge < -0.3 is 10.1 Å². The minimum absolute atomic E-state index is 0.247. The van der Waals surface area contributed by atoms with Gasteiger partial charge in [-0.15, -0.1) is 0 Å². The molecular formula is C23H17BrClN3O4. The summed E-state index contributed by atoms with van der Waals surface area (Å²) in [7, 11) is 0. The molecule has 7 nitrogen and oxygen atoms in total. The third-order valence-electron chi connectivity index (χ3n) is 4.05. The van der Waals surface area contributed by atoms with Gasteiger partial charge in [0.2, 0.25) is 0 Å². The van der Waals surface area contributed by atoms with Crippen LogP contribution < -0.4 is 15.5 Å². The molecule has 162 valence electrons. The highest BCUT2D eigenvalue weighted by Crippen LogP contribution is 2.17. The van der Waals surface area contributed by atoms with Gasteiger partial charge in [-0.3, -0.25) is 9.59 Å². The molecule has 0 heterocycles. The largest absolute Gasteiger partial charge is 0.423 e. The maximum Gasteiger partial charge on any atom is 0.343 e. The molecular weight excluding hydrogens is 498 g/mol. The normalized spacial score (nSPS) is 10.6. The molecule has 0 saturated carbocycles. The van der Waals surface area contributed by atoms with E-state index in [2.05, 4.69) is 31.8 Å². The van der Waals surface area contributed by atoms with Crippen molar-refractivity contribution >= 4 is 51.5 Å². The molecule has 0 radical (unpaired) electrons. The van der Waals surface area contributed by atoms with Crippen LogP contribution in [0, 0.1) is 0 Å². The van der Waals surface area contributed by atoms with Crippen LogP contribution in [0.1, 0.15) is 26.3 Å². The number of carbonyl (C=O) groups is 3. The molecule has 3 aromatic rings. The molecule has 0 fully saturated rings. The zero-order valence-corrected chi connectivity index (χ0v) is 18.9. The van der Waals surface area contributed by atoms with E-state index in [0.717, 1.165) is 4.47 Å². The zero-order valence-electron chi connectivity index (χ0n) is 16.5. The van der Waals surface area contributed by atoms with Crippen molar-refractivity contribution in [3.8, 4) is 5.75 Å². The predicted molar refractivity (Wildman–Crippen MR) is 125 cm³/mol. The molecule has 0 saturated heterocycles. The molecule has 0 spiro atoms. The summed E-state index contributed by atoms with van der Waals surface area (Å²) in [4.78, 5) is 36.1. The van der Waals surface area contributed by atoms with Gasteiger partial charge in [0, 0.05) is 15.1 Å². The van der Waals surface area contributed by atoms with Crippen LogP contribution in [0.4, 0.5) is 0 Å². The van der Waals surface area contributed by atoms with Crippen molar-refractivity contribution in [2.75, 3.05) is 6.54 Å². The molecule has 0 atom stereocenters. The molecule has 9 heteroatoms. The van der Waals surface area contributed by atoms with Gasteiger partial charge in [0.25, 0.3) is 11.8 Å². The molecule has 0 unspecified atom stereocenters. The Labute approximate surface area is 197 Å². The minimum Gasteiger partial charge on any atom is -0.423 e. The summed E-state index contributed by atoms with van der Waals surface area (Å²) in [5, 5.41) is 6.86. The highest BCUT2D eigenvalue weighted by atomic mass is 79.9. The SMILES string of the molecule is O=C(CNC(=O)c1ccc(Cl)cc1)NN=Cc1cccc(OC(=O)c2cccc(Br)c2)c1. The van der Waals surface area contributed by atoms with E-state index in [-0.39, 0.29) is 6.54 Å².